The highest BCUT2D eigenvalue weighted by Gasteiger charge is 2.44. The number of aliphatic hydroxyl groups is 1. The number of morpholine rings is 1. The van der Waals surface area contributed by atoms with Gasteiger partial charge in [-0.15, -0.1) is 11.3 Å². The van der Waals surface area contributed by atoms with Gasteiger partial charge in [0.15, 0.2) is 10.8 Å². The highest BCUT2D eigenvalue weighted by atomic mass is 32.1. The van der Waals surface area contributed by atoms with E-state index in [0.29, 0.717) is 6.54 Å². The topological polar surface area (TPSA) is 83.0 Å². The highest BCUT2D eigenvalue weighted by molar-refractivity contribution is 7.20. The summed E-state index contributed by atoms with van der Waals surface area (Å²) in [5.74, 6) is -1.37. The molecule has 34 heavy (non-hydrogen) atoms. The van der Waals surface area contributed by atoms with Gasteiger partial charge in [0.05, 0.1) is 35.0 Å². The Kier molecular flexibility index (Phi) is 6.45. The number of aliphatic hydroxyl groups excluding tert-OH is 1. The SMILES string of the molecule is Cc1ccc([C@@H]2C(C(=O)c3nc4ccccc4s3)=C(O)C(=O)N2CCCN2CCOCC2)cc1. The van der Waals surface area contributed by atoms with E-state index in [-0.39, 0.29) is 10.6 Å². The molecule has 1 aromatic heterocycles. The number of ketones is 1. The molecule has 1 saturated heterocycles. The molecule has 0 spiro atoms. The second-order valence-corrected chi connectivity index (χ2v) is 9.73. The summed E-state index contributed by atoms with van der Waals surface area (Å²) < 4.78 is 6.30. The molecule has 1 N–H and O–H groups in total. The lowest BCUT2D eigenvalue weighted by Gasteiger charge is -2.30. The van der Waals surface area contributed by atoms with Crippen LogP contribution >= 0.6 is 11.3 Å². The van der Waals surface area contributed by atoms with Crippen LogP contribution in [0.3, 0.4) is 0 Å². The van der Waals surface area contributed by atoms with Crippen molar-refractivity contribution >= 4 is 33.2 Å². The van der Waals surface area contributed by atoms with Gasteiger partial charge in [-0.25, -0.2) is 4.98 Å². The number of amides is 1. The molecule has 2 aliphatic rings. The Labute approximate surface area is 202 Å². The molecule has 0 aliphatic carbocycles. The summed E-state index contributed by atoms with van der Waals surface area (Å²) in [4.78, 5) is 35.2. The van der Waals surface area contributed by atoms with E-state index in [2.05, 4.69) is 9.88 Å². The van der Waals surface area contributed by atoms with E-state index in [9.17, 15) is 14.7 Å². The Morgan fingerprint density at radius 3 is 2.59 bits per heavy atom. The van der Waals surface area contributed by atoms with E-state index in [1.165, 1.54) is 11.3 Å². The average Bonchev–Trinajstić information content (AvgIpc) is 3.40. The number of carbonyl (C=O) groups excluding carboxylic acids is 2. The maximum Gasteiger partial charge on any atom is 0.290 e. The Hall–Kier alpha value is -3.07. The molecule has 1 atom stereocenters. The molecule has 0 radical (unpaired) electrons. The van der Waals surface area contributed by atoms with Gasteiger partial charge >= 0.3 is 0 Å². The Morgan fingerprint density at radius 1 is 1.12 bits per heavy atom. The number of thiazole rings is 1. The monoisotopic (exact) mass is 477 g/mol. The number of aromatic nitrogens is 1. The Morgan fingerprint density at radius 2 is 1.85 bits per heavy atom. The third-order valence-electron chi connectivity index (χ3n) is 6.41. The van der Waals surface area contributed by atoms with Crippen molar-refractivity contribution < 1.29 is 19.4 Å². The van der Waals surface area contributed by atoms with Gasteiger partial charge in [-0.1, -0.05) is 42.0 Å². The molecule has 3 heterocycles. The van der Waals surface area contributed by atoms with E-state index >= 15 is 0 Å². The molecular formula is C26H27N3O4S. The van der Waals surface area contributed by atoms with Crippen LogP contribution < -0.4 is 0 Å². The summed E-state index contributed by atoms with van der Waals surface area (Å²) in [6.07, 6.45) is 0.740. The highest BCUT2D eigenvalue weighted by Crippen LogP contribution is 2.40. The largest absolute Gasteiger partial charge is 0.503 e. The normalized spacial score (nSPS) is 19.4. The minimum absolute atomic E-state index is 0.110. The Bertz CT molecular complexity index is 1210. The fourth-order valence-corrected chi connectivity index (χ4v) is 5.51. The van der Waals surface area contributed by atoms with Crippen LogP contribution in [0.4, 0.5) is 0 Å². The lowest BCUT2D eigenvalue weighted by Crippen LogP contribution is -2.39. The summed E-state index contributed by atoms with van der Waals surface area (Å²) in [7, 11) is 0. The number of fused-ring (bicyclic) bond motifs is 1. The summed E-state index contributed by atoms with van der Waals surface area (Å²) in [6.45, 7) is 6.45. The standard InChI is InChI=1S/C26H27N3O4S/c1-17-7-9-18(10-8-17)22-21(23(30)25-27-19-5-2-3-6-20(19)34-25)24(31)26(32)29(22)12-4-11-28-13-15-33-16-14-28/h2-3,5-10,22,31H,4,11-16H2,1H3/t22-/m1/s1. The molecule has 2 aromatic carbocycles. The third-order valence-corrected chi connectivity index (χ3v) is 7.44. The maximum absolute atomic E-state index is 13.6. The van der Waals surface area contributed by atoms with Crippen LogP contribution in [0.1, 0.15) is 33.4 Å². The van der Waals surface area contributed by atoms with Crippen LogP contribution in [0, 0.1) is 6.92 Å². The smallest absolute Gasteiger partial charge is 0.290 e. The zero-order valence-corrected chi connectivity index (χ0v) is 19.9. The first-order chi connectivity index (χ1) is 16.5. The van der Waals surface area contributed by atoms with E-state index in [0.717, 1.165) is 60.6 Å². The number of ether oxygens (including phenoxy) is 1. The molecule has 0 saturated carbocycles. The first kappa shape index (κ1) is 22.7. The van der Waals surface area contributed by atoms with E-state index < -0.39 is 23.5 Å². The number of nitrogens with zero attached hydrogens (tertiary/aromatic N) is 3. The first-order valence-electron chi connectivity index (χ1n) is 11.5. The van der Waals surface area contributed by atoms with Crippen LogP contribution in [-0.2, 0) is 9.53 Å². The molecule has 7 nitrogen and oxygen atoms in total. The third kappa shape index (κ3) is 4.36. The number of hydrogen-bond donors (Lipinski definition) is 1. The summed E-state index contributed by atoms with van der Waals surface area (Å²) in [5.41, 5.74) is 2.73. The van der Waals surface area contributed by atoms with Crippen LogP contribution in [0.15, 0.2) is 59.9 Å². The minimum Gasteiger partial charge on any atom is -0.503 e. The van der Waals surface area contributed by atoms with Gasteiger partial charge in [0.2, 0.25) is 5.78 Å². The van der Waals surface area contributed by atoms with Gasteiger partial charge in [0, 0.05) is 26.2 Å². The number of Topliss-reactive ketones (excluding diaryl/α,β-unsaturated/α-hetero) is 1. The number of benzene rings is 2. The molecule has 2 aliphatic heterocycles. The molecule has 176 valence electrons. The fourth-order valence-electron chi connectivity index (χ4n) is 4.59. The second-order valence-electron chi connectivity index (χ2n) is 8.70. The molecule has 1 amide bonds. The molecular weight excluding hydrogens is 450 g/mol. The molecule has 0 bridgehead atoms. The lowest BCUT2D eigenvalue weighted by molar-refractivity contribution is -0.129. The number of carbonyl (C=O) groups is 2. The van der Waals surface area contributed by atoms with Crippen LogP contribution in [0.5, 0.6) is 0 Å². The van der Waals surface area contributed by atoms with Crippen LogP contribution in [0.2, 0.25) is 0 Å². The zero-order valence-electron chi connectivity index (χ0n) is 19.1. The predicted octanol–water partition coefficient (Wildman–Crippen LogP) is 3.91. The van der Waals surface area contributed by atoms with Crippen molar-refractivity contribution in [3.8, 4) is 0 Å². The average molecular weight is 478 g/mol. The minimum atomic E-state index is -0.641. The number of aryl methyl sites for hydroxylation is 1. The quantitative estimate of drug-likeness (QED) is 0.520. The van der Waals surface area contributed by atoms with Crippen molar-refractivity contribution in [1.29, 1.82) is 0 Å². The molecule has 8 heteroatoms. The molecule has 3 aromatic rings. The summed E-state index contributed by atoms with van der Waals surface area (Å²) in [6, 6.07) is 14.7. The van der Waals surface area contributed by atoms with Crippen molar-refractivity contribution in [2.45, 2.75) is 19.4 Å². The van der Waals surface area contributed by atoms with Crippen molar-refractivity contribution in [2.75, 3.05) is 39.4 Å². The number of hydrogen-bond acceptors (Lipinski definition) is 7. The summed E-state index contributed by atoms with van der Waals surface area (Å²) in [5, 5.41) is 11.2. The van der Waals surface area contributed by atoms with Crippen LogP contribution in [-0.4, -0.2) is 71.0 Å². The maximum atomic E-state index is 13.6. The fraction of sp³-hybridized carbons (Fsp3) is 0.346. The predicted molar refractivity (Wildman–Crippen MR) is 131 cm³/mol. The van der Waals surface area contributed by atoms with Gasteiger partial charge < -0.3 is 14.7 Å². The van der Waals surface area contributed by atoms with Gasteiger partial charge in [-0.05, 0) is 31.0 Å². The Balaban J connectivity index is 1.45. The molecule has 1 fully saturated rings. The van der Waals surface area contributed by atoms with E-state index in [4.69, 9.17) is 4.74 Å². The van der Waals surface area contributed by atoms with Crippen molar-refractivity contribution in [2.24, 2.45) is 0 Å². The van der Waals surface area contributed by atoms with Crippen LogP contribution in [0.25, 0.3) is 10.2 Å². The lowest BCUT2D eigenvalue weighted by atomic mass is 9.95. The van der Waals surface area contributed by atoms with Crippen molar-refractivity contribution in [3.63, 3.8) is 0 Å². The van der Waals surface area contributed by atoms with Gasteiger partial charge in [0.1, 0.15) is 0 Å². The van der Waals surface area contributed by atoms with Gasteiger partial charge in [-0.2, -0.15) is 0 Å². The van der Waals surface area contributed by atoms with Gasteiger partial charge in [0.25, 0.3) is 5.91 Å². The van der Waals surface area contributed by atoms with Crippen molar-refractivity contribution in [3.05, 3.63) is 76.0 Å². The molecule has 0 unspecified atom stereocenters. The summed E-state index contributed by atoms with van der Waals surface area (Å²) >= 11 is 1.28. The van der Waals surface area contributed by atoms with E-state index in [1.54, 1.807) is 4.90 Å². The number of para-hydroxylation sites is 1. The zero-order chi connectivity index (χ0) is 23.7. The first-order valence-corrected chi connectivity index (χ1v) is 12.4. The van der Waals surface area contributed by atoms with Crippen molar-refractivity contribution in [1.82, 2.24) is 14.8 Å². The van der Waals surface area contributed by atoms with E-state index in [1.807, 2.05) is 55.5 Å². The molecule has 5 rings (SSSR count). The second kappa shape index (κ2) is 9.66. The number of rotatable bonds is 7. The van der Waals surface area contributed by atoms with Gasteiger partial charge in [-0.3, -0.25) is 14.5 Å².